The van der Waals surface area contributed by atoms with Crippen LogP contribution < -0.4 is 9.64 Å². The number of aryl methyl sites for hydroxylation is 1. The highest BCUT2D eigenvalue weighted by molar-refractivity contribution is 5.77. The number of carbonyl (C=O) groups excluding carboxylic acids is 1. The molecule has 0 bridgehead atoms. The molecule has 0 saturated carbocycles. The van der Waals surface area contributed by atoms with E-state index in [1.807, 2.05) is 79.9 Å². The summed E-state index contributed by atoms with van der Waals surface area (Å²) >= 11 is 0. The second kappa shape index (κ2) is 9.80. The third-order valence-corrected chi connectivity index (χ3v) is 5.69. The SMILES string of the molecule is CN(C)c1ncc(-c2cnn(C)c2)c(C2CCCCN2C(=O)CCOc2ccccc2)n1. The maximum atomic E-state index is 13.2. The van der Waals surface area contributed by atoms with Crippen molar-refractivity contribution in [3.8, 4) is 16.9 Å². The number of rotatable bonds is 7. The number of aromatic nitrogens is 4. The quantitative estimate of drug-likeness (QED) is 0.567. The van der Waals surface area contributed by atoms with Crippen LogP contribution in [0.2, 0.25) is 0 Å². The molecule has 0 N–H and O–H groups in total. The zero-order valence-corrected chi connectivity index (χ0v) is 18.9. The van der Waals surface area contributed by atoms with Crippen LogP contribution in [0.5, 0.6) is 5.75 Å². The maximum absolute atomic E-state index is 13.2. The van der Waals surface area contributed by atoms with Crippen LogP contribution in [-0.4, -0.2) is 57.8 Å². The first kappa shape index (κ1) is 21.8. The summed E-state index contributed by atoms with van der Waals surface area (Å²) in [6.07, 6.45) is 8.89. The van der Waals surface area contributed by atoms with Crippen LogP contribution >= 0.6 is 0 Å². The van der Waals surface area contributed by atoms with Crippen LogP contribution in [0.15, 0.2) is 48.9 Å². The van der Waals surface area contributed by atoms with Gasteiger partial charge in [-0.05, 0) is 31.4 Å². The molecule has 8 heteroatoms. The first-order chi connectivity index (χ1) is 15.5. The lowest BCUT2D eigenvalue weighted by Crippen LogP contribution is -2.39. The van der Waals surface area contributed by atoms with E-state index >= 15 is 0 Å². The molecule has 0 radical (unpaired) electrons. The number of para-hydroxylation sites is 1. The van der Waals surface area contributed by atoms with Crippen LogP contribution in [0.3, 0.4) is 0 Å². The Morgan fingerprint density at radius 3 is 2.72 bits per heavy atom. The van der Waals surface area contributed by atoms with E-state index in [9.17, 15) is 4.79 Å². The highest BCUT2D eigenvalue weighted by Gasteiger charge is 2.31. The van der Waals surface area contributed by atoms with E-state index in [0.717, 1.165) is 48.4 Å². The van der Waals surface area contributed by atoms with Gasteiger partial charge in [-0.1, -0.05) is 18.2 Å². The molecular weight excluding hydrogens is 404 g/mol. The van der Waals surface area contributed by atoms with Crippen LogP contribution in [0.25, 0.3) is 11.1 Å². The van der Waals surface area contributed by atoms with Crippen molar-refractivity contribution in [3.63, 3.8) is 0 Å². The minimum atomic E-state index is -0.0927. The van der Waals surface area contributed by atoms with E-state index in [4.69, 9.17) is 9.72 Å². The average molecular weight is 435 g/mol. The van der Waals surface area contributed by atoms with Gasteiger partial charge in [0.15, 0.2) is 0 Å². The molecule has 168 valence electrons. The van der Waals surface area contributed by atoms with E-state index in [1.165, 1.54) is 0 Å². The Morgan fingerprint density at radius 1 is 1.19 bits per heavy atom. The fourth-order valence-corrected chi connectivity index (χ4v) is 4.07. The third-order valence-electron chi connectivity index (χ3n) is 5.69. The van der Waals surface area contributed by atoms with Crippen LogP contribution in [0, 0.1) is 0 Å². The Labute approximate surface area is 188 Å². The zero-order chi connectivity index (χ0) is 22.5. The minimum Gasteiger partial charge on any atom is -0.493 e. The predicted molar refractivity (Wildman–Crippen MR) is 123 cm³/mol. The molecule has 1 aliphatic heterocycles. The van der Waals surface area contributed by atoms with Crippen LogP contribution in [0.4, 0.5) is 5.95 Å². The van der Waals surface area contributed by atoms with Gasteiger partial charge in [0, 0.05) is 51.2 Å². The molecule has 3 aromatic rings. The second-order valence-electron chi connectivity index (χ2n) is 8.28. The molecule has 1 aromatic carbocycles. The topological polar surface area (TPSA) is 76.4 Å². The molecule has 1 aliphatic rings. The van der Waals surface area contributed by atoms with Crippen molar-refractivity contribution in [2.75, 3.05) is 32.1 Å². The Morgan fingerprint density at radius 2 is 2.00 bits per heavy atom. The summed E-state index contributed by atoms with van der Waals surface area (Å²) in [7, 11) is 5.74. The standard InChI is InChI=1S/C24H30N6O2/c1-28(2)24-25-16-20(18-15-26-29(3)17-18)23(27-24)21-11-7-8-13-30(21)22(31)12-14-32-19-9-5-4-6-10-19/h4-6,9-10,15-17,21H,7-8,11-14H2,1-3H3. The van der Waals surface area contributed by atoms with Gasteiger partial charge in [-0.3, -0.25) is 9.48 Å². The first-order valence-corrected chi connectivity index (χ1v) is 11.0. The number of hydrogen-bond acceptors (Lipinski definition) is 6. The van der Waals surface area contributed by atoms with Gasteiger partial charge in [0.25, 0.3) is 0 Å². The lowest BCUT2D eigenvalue weighted by atomic mass is 9.94. The Bertz CT molecular complexity index is 1050. The summed E-state index contributed by atoms with van der Waals surface area (Å²) < 4.78 is 7.53. The van der Waals surface area contributed by atoms with Crippen LogP contribution in [-0.2, 0) is 11.8 Å². The number of piperidine rings is 1. The van der Waals surface area contributed by atoms with Gasteiger partial charge in [0.05, 0.1) is 31.0 Å². The number of amides is 1. The summed E-state index contributed by atoms with van der Waals surface area (Å²) in [5.41, 5.74) is 2.76. The normalized spacial score (nSPS) is 16.1. The molecule has 1 fully saturated rings. The Hall–Kier alpha value is -3.42. The van der Waals surface area contributed by atoms with Gasteiger partial charge in [-0.15, -0.1) is 0 Å². The molecule has 1 unspecified atom stereocenters. The fraction of sp³-hybridized carbons (Fsp3) is 0.417. The van der Waals surface area contributed by atoms with Gasteiger partial charge in [-0.2, -0.15) is 5.10 Å². The monoisotopic (exact) mass is 434 g/mol. The largest absolute Gasteiger partial charge is 0.493 e. The van der Waals surface area contributed by atoms with Gasteiger partial charge >= 0.3 is 0 Å². The number of ether oxygens (including phenoxy) is 1. The van der Waals surface area contributed by atoms with Crippen molar-refractivity contribution >= 4 is 11.9 Å². The number of likely N-dealkylation sites (tertiary alicyclic amines) is 1. The number of nitrogens with zero attached hydrogens (tertiary/aromatic N) is 6. The summed E-state index contributed by atoms with van der Waals surface area (Å²) in [5, 5.41) is 4.31. The summed E-state index contributed by atoms with van der Waals surface area (Å²) in [6, 6.07) is 9.50. The number of carbonyl (C=O) groups is 1. The molecule has 32 heavy (non-hydrogen) atoms. The van der Waals surface area contributed by atoms with E-state index in [1.54, 1.807) is 4.68 Å². The lowest BCUT2D eigenvalue weighted by molar-refractivity contribution is -0.135. The van der Waals surface area contributed by atoms with Crippen molar-refractivity contribution in [3.05, 3.63) is 54.6 Å². The lowest BCUT2D eigenvalue weighted by Gasteiger charge is -2.36. The Balaban J connectivity index is 1.58. The van der Waals surface area contributed by atoms with E-state index in [0.29, 0.717) is 19.0 Å². The van der Waals surface area contributed by atoms with Crippen molar-refractivity contribution in [2.24, 2.45) is 7.05 Å². The zero-order valence-electron chi connectivity index (χ0n) is 18.9. The Kier molecular flexibility index (Phi) is 6.68. The minimum absolute atomic E-state index is 0.0905. The average Bonchev–Trinajstić information content (AvgIpc) is 3.25. The number of hydrogen-bond donors (Lipinski definition) is 0. The third kappa shape index (κ3) is 4.90. The molecule has 0 spiro atoms. The van der Waals surface area contributed by atoms with Crippen LogP contribution in [0.1, 0.15) is 37.4 Å². The summed E-state index contributed by atoms with van der Waals surface area (Å²) in [5.74, 6) is 1.51. The fourth-order valence-electron chi connectivity index (χ4n) is 4.07. The number of anilines is 1. The van der Waals surface area contributed by atoms with Crippen molar-refractivity contribution in [2.45, 2.75) is 31.7 Å². The summed E-state index contributed by atoms with van der Waals surface area (Å²) in [6.45, 7) is 1.08. The van der Waals surface area contributed by atoms with Crippen molar-refractivity contribution in [1.82, 2.24) is 24.6 Å². The second-order valence-corrected chi connectivity index (χ2v) is 8.28. The first-order valence-electron chi connectivity index (χ1n) is 11.0. The van der Waals surface area contributed by atoms with Gasteiger partial charge < -0.3 is 14.5 Å². The molecule has 8 nitrogen and oxygen atoms in total. The van der Waals surface area contributed by atoms with Gasteiger partial charge in [0.1, 0.15) is 5.75 Å². The molecule has 1 saturated heterocycles. The van der Waals surface area contributed by atoms with E-state index < -0.39 is 0 Å². The number of benzene rings is 1. The van der Waals surface area contributed by atoms with Gasteiger partial charge in [0.2, 0.25) is 11.9 Å². The van der Waals surface area contributed by atoms with E-state index in [-0.39, 0.29) is 11.9 Å². The van der Waals surface area contributed by atoms with E-state index in [2.05, 4.69) is 10.1 Å². The molecule has 0 aliphatic carbocycles. The molecule has 2 aromatic heterocycles. The van der Waals surface area contributed by atoms with Crippen molar-refractivity contribution < 1.29 is 9.53 Å². The predicted octanol–water partition coefficient (Wildman–Crippen LogP) is 3.47. The highest BCUT2D eigenvalue weighted by Crippen LogP contribution is 2.36. The molecule has 3 heterocycles. The molecule has 1 atom stereocenters. The highest BCUT2D eigenvalue weighted by atomic mass is 16.5. The molecule has 1 amide bonds. The smallest absolute Gasteiger partial charge is 0.226 e. The molecule has 4 rings (SSSR count). The van der Waals surface area contributed by atoms with Gasteiger partial charge in [-0.25, -0.2) is 9.97 Å². The maximum Gasteiger partial charge on any atom is 0.226 e. The summed E-state index contributed by atoms with van der Waals surface area (Å²) in [4.78, 5) is 26.5. The molecular formula is C24H30N6O2. The van der Waals surface area contributed by atoms with Crippen molar-refractivity contribution in [1.29, 1.82) is 0 Å².